The van der Waals surface area contributed by atoms with E-state index in [4.69, 9.17) is 10.5 Å². The van der Waals surface area contributed by atoms with Gasteiger partial charge in [0.15, 0.2) is 0 Å². The molecule has 3 N–H and O–H groups in total. The summed E-state index contributed by atoms with van der Waals surface area (Å²) in [6.45, 7) is 0.694. The summed E-state index contributed by atoms with van der Waals surface area (Å²) in [5.41, 5.74) is 5.96. The molecule has 0 amide bonds. The molecule has 0 spiro atoms. The molecular formula is C11H21NO2. The topological polar surface area (TPSA) is 58.8 Å². The highest BCUT2D eigenvalue weighted by Gasteiger charge is 2.36. The molecule has 1 aliphatic carbocycles. The summed E-state index contributed by atoms with van der Waals surface area (Å²) >= 11 is 0. The van der Waals surface area contributed by atoms with Gasteiger partial charge < -0.3 is 15.6 Å². The first-order valence-corrected chi connectivity index (χ1v) is 5.82. The summed E-state index contributed by atoms with van der Waals surface area (Å²) < 4.78 is 5.05. The number of nitrogens with two attached hydrogens (primary N) is 1. The predicted molar refractivity (Wildman–Crippen MR) is 54.9 cm³/mol. The minimum absolute atomic E-state index is 0.0357. The van der Waals surface area contributed by atoms with Crippen LogP contribution >= 0.6 is 0 Å². The number of rotatable bonds is 4. The lowest BCUT2D eigenvalue weighted by atomic mass is 9.83. The van der Waals surface area contributed by atoms with Crippen LogP contribution in [0.1, 0.15) is 38.5 Å². The molecule has 14 heavy (non-hydrogen) atoms. The van der Waals surface area contributed by atoms with Crippen LogP contribution < -0.4 is 5.73 Å². The van der Waals surface area contributed by atoms with Crippen LogP contribution in [0.25, 0.3) is 0 Å². The summed E-state index contributed by atoms with van der Waals surface area (Å²) in [4.78, 5) is 0. The third kappa shape index (κ3) is 2.69. The van der Waals surface area contributed by atoms with Gasteiger partial charge in [-0.1, -0.05) is 32.1 Å². The molecule has 82 valence electrons. The number of aliphatic hydroxyl groups is 1. The Morgan fingerprint density at radius 1 is 1.29 bits per heavy atom. The minimum atomic E-state index is -0.433. The van der Waals surface area contributed by atoms with Gasteiger partial charge in [0.2, 0.25) is 0 Å². The number of hydrogen-bond acceptors (Lipinski definition) is 3. The summed E-state index contributed by atoms with van der Waals surface area (Å²) in [6, 6.07) is -0.0781. The van der Waals surface area contributed by atoms with Crippen molar-refractivity contribution in [1.29, 1.82) is 0 Å². The van der Waals surface area contributed by atoms with Crippen molar-refractivity contribution in [2.75, 3.05) is 6.61 Å². The van der Waals surface area contributed by atoms with E-state index in [2.05, 4.69) is 0 Å². The molecule has 1 saturated heterocycles. The lowest BCUT2D eigenvalue weighted by molar-refractivity contribution is 0.0958. The van der Waals surface area contributed by atoms with Crippen LogP contribution in [0.3, 0.4) is 0 Å². The molecular weight excluding hydrogens is 178 g/mol. The quantitative estimate of drug-likeness (QED) is 0.665. The highest BCUT2D eigenvalue weighted by Crippen LogP contribution is 2.28. The Labute approximate surface area is 85.6 Å². The zero-order chi connectivity index (χ0) is 9.97. The number of hydrogen-bond donors (Lipinski definition) is 2. The largest absolute Gasteiger partial charge is 0.389 e. The maximum Gasteiger partial charge on any atom is 0.108 e. The van der Waals surface area contributed by atoms with Crippen molar-refractivity contribution in [1.82, 2.24) is 0 Å². The Morgan fingerprint density at radius 3 is 2.50 bits per heavy atom. The normalized spacial score (nSPS) is 32.6. The second kappa shape index (κ2) is 4.60. The van der Waals surface area contributed by atoms with Gasteiger partial charge in [0.05, 0.1) is 12.7 Å². The van der Waals surface area contributed by atoms with Gasteiger partial charge in [0.25, 0.3) is 0 Å². The lowest BCUT2D eigenvalue weighted by Crippen LogP contribution is -2.40. The van der Waals surface area contributed by atoms with E-state index in [1.54, 1.807) is 0 Å². The first kappa shape index (κ1) is 10.4. The molecule has 0 radical (unpaired) electrons. The molecule has 2 aliphatic rings. The Hall–Kier alpha value is -0.120. The van der Waals surface area contributed by atoms with Crippen molar-refractivity contribution >= 4 is 0 Å². The van der Waals surface area contributed by atoms with Gasteiger partial charge in [0, 0.05) is 6.04 Å². The molecule has 0 aromatic heterocycles. The molecule has 3 heteroatoms. The van der Waals surface area contributed by atoms with Crippen molar-refractivity contribution in [2.24, 2.45) is 11.7 Å². The summed E-state index contributed by atoms with van der Waals surface area (Å²) in [6.07, 6.45) is 7.23. The van der Waals surface area contributed by atoms with Crippen molar-refractivity contribution in [2.45, 2.75) is 56.8 Å². The van der Waals surface area contributed by atoms with Gasteiger partial charge in [-0.15, -0.1) is 0 Å². The zero-order valence-electron chi connectivity index (χ0n) is 8.69. The van der Waals surface area contributed by atoms with E-state index in [0.29, 0.717) is 6.61 Å². The van der Waals surface area contributed by atoms with E-state index in [9.17, 15) is 5.11 Å². The first-order valence-electron chi connectivity index (χ1n) is 5.82. The summed E-state index contributed by atoms with van der Waals surface area (Å²) in [5, 5.41) is 9.74. The average Bonchev–Trinajstić information content (AvgIpc) is 3.01. The van der Waals surface area contributed by atoms with Gasteiger partial charge in [-0.25, -0.2) is 0 Å². The fourth-order valence-electron chi connectivity index (χ4n) is 2.48. The molecule has 3 unspecified atom stereocenters. The van der Waals surface area contributed by atoms with Crippen LogP contribution in [0.2, 0.25) is 0 Å². The Bertz CT molecular complexity index is 176. The number of aliphatic hydroxyl groups excluding tert-OH is 1. The highest BCUT2D eigenvalue weighted by atomic mass is 16.6. The Kier molecular flexibility index (Phi) is 3.42. The number of ether oxygens (including phenoxy) is 1. The highest BCUT2D eigenvalue weighted by molar-refractivity contribution is 4.87. The lowest BCUT2D eigenvalue weighted by Gasteiger charge is -2.26. The average molecular weight is 199 g/mol. The SMILES string of the molecule is NC(CC1CCCCC1)C(O)C1CO1. The van der Waals surface area contributed by atoms with Crippen LogP contribution in [-0.4, -0.2) is 30.0 Å². The van der Waals surface area contributed by atoms with Crippen LogP contribution in [0, 0.1) is 5.92 Å². The van der Waals surface area contributed by atoms with Gasteiger partial charge in [-0.3, -0.25) is 0 Å². The maximum absolute atomic E-state index is 9.74. The fraction of sp³-hybridized carbons (Fsp3) is 1.00. The van der Waals surface area contributed by atoms with Crippen LogP contribution in [0.15, 0.2) is 0 Å². The molecule has 1 saturated carbocycles. The summed E-state index contributed by atoms with van der Waals surface area (Å²) in [5.74, 6) is 0.743. The van der Waals surface area contributed by atoms with Crippen molar-refractivity contribution in [3.8, 4) is 0 Å². The van der Waals surface area contributed by atoms with Crippen molar-refractivity contribution in [3.05, 3.63) is 0 Å². The zero-order valence-corrected chi connectivity index (χ0v) is 8.69. The molecule has 0 aromatic rings. The van der Waals surface area contributed by atoms with Crippen LogP contribution in [-0.2, 0) is 4.74 Å². The molecule has 0 aromatic carbocycles. The van der Waals surface area contributed by atoms with Gasteiger partial charge >= 0.3 is 0 Å². The molecule has 1 heterocycles. The molecule has 2 fully saturated rings. The minimum Gasteiger partial charge on any atom is -0.389 e. The monoisotopic (exact) mass is 199 g/mol. The van der Waals surface area contributed by atoms with Crippen molar-refractivity contribution in [3.63, 3.8) is 0 Å². The summed E-state index contributed by atoms with van der Waals surface area (Å²) in [7, 11) is 0. The third-order valence-corrected chi connectivity index (χ3v) is 3.51. The van der Waals surface area contributed by atoms with Gasteiger partial charge in [-0.2, -0.15) is 0 Å². The second-order valence-electron chi connectivity index (χ2n) is 4.77. The standard InChI is InChI=1S/C11H21NO2/c12-9(11(13)10-7-14-10)6-8-4-2-1-3-5-8/h8-11,13H,1-7,12H2. The fourth-order valence-corrected chi connectivity index (χ4v) is 2.48. The predicted octanol–water partition coefficient (Wildman–Crippen LogP) is 1.04. The number of epoxide rings is 1. The van der Waals surface area contributed by atoms with E-state index >= 15 is 0 Å². The van der Waals surface area contributed by atoms with Gasteiger partial charge in [0.1, 0.15) is 6.10 Å². The maximum atomic E-state index is 9.74. The van der Waals surface area contributed by atoms with E-state index < -0.39 is 6.10 Å². The molecule has 3 nitrogen and oxygen atoms in total. The van der Waals surface area contributed by atoms with Gasteiger partial charge in [-0.05, 0) is 12.3 Å². The molecule has 0 bridgehead atoms. The van der Waals surface area contributed by atoms with Crippen LogP contribution in [0.5, 0.6) is 0 Å². The van der Waals surface area contributed by atoms with E-state index in [1.807, 2.05) is 0 Å². The third-order valence-electron chi connectivity index (χ3n) is 3.51. The Morgan fingerprint density at radius 2 is 1.93 bits per heavy atom. The molecule has 2 rings (SSSR count). The second-order valence-corrected chi connectivity index (χ2v) is 4.77. The van der Waals surface area contributed by atoms with E-state index in [1.165, 1.54) is 32.1 Å². The van der Waals surface area contributed by atoms with Crippen LogP contribution in [0.4, 0.5) is 0 Å². The molecule has 3 atom stereocenters. The first-order chi connectivity index (χ1) is 6.77. The smallest absolute Gasteiger partial charge is 0.108 e. The Balaban J connectivity index is 1.71. The molecule has 1 aliphatic heterocycles. The van der Waals surface area contributed by atoms with E-state index in [0.717, 1.165) is 12.3 Å². The van der Waals surface area contributed by atoms with E-state index in [-0.39, 0.29) is 12.1 Å². The van der Waals surface area contributed by atoms with Crippen molar-refractivity contribution < 1.29 is 9.84 Å².